The summed E-state index contributed by atoms with van der Waals surface area (Å²) in [5.74, 6) is 1.23. The number of hydrogen-bond acceptors (Lipinski definition) is 4. The molecule has 1 aliphatic rings. The van der Waals surface area contributed by atoms with Crippen molar-refractivity contribution in [3.8, 4) is 0 Å². The van der Waals surface area contributed by atoms with Crippen molar-refractivity contribution in [2.75, 3.05) is 23.3 Å². The Morgan fingerprint density at radius 3 is 2.54 bits per heavy atom. The molecule has 28 heavy (non-hydrogen) atoms. The summed E-state index contributed by atoms with van der Waals surface area (Å²) in [5.41, 5.74) is 3.64. The van der Waals surface area contributed by atoms with Crippen molar-refractivity contribution in [3.63, 3.8) is 0 Å². The minimum atomic E-state index is -0.0882. The van der Waals surface area contributed by atoms with Gasteiger partial charge in [0.1, 0.15) is 0 Å². The lowest BCUT2D eigenvalue weighted by atomic mass is 10.1. The first-order chi connectivity index (χ1) is 13.8. The van der Waals surface area contributed by atoms with Crippen LogP contribution in [-0.4, -0.2) is 33.9 Å². The number of carbonyl (C=O) groups is 1. The molecule has 6 nitrogen and oxygen atoms in total. The molecule has 5 rings (SSSR count). The Labute approximate surface area is 162 Å². The number of benzene rings is 2. The van der Waals surface area contributed by atoms with Gasteiger partial charge in [-0.3, -0.25) is 4.79 Å². The quantitative estimate of drug-likeness (QED) is 0.571. The zero-order chi connectivity index (χ0) is 18.9. The van der Waals surface area contributed by atoms with E-state index in [-0.39, 0.29) is 12.3 Å². The molecule has 2 aromatic heterocycles. The lowest BCUT2D eigenvalue weighted by molar-refractivity contribution is -0.115. The lowest BCUT2D eigenvalue weighted by Crippen LogP contribution is -2.24. The van der Waals surface area contributed by atoms with Crippen LogP contribution in [0.25, 0.3) is 21.9 Å². The molecule has 3 heterocycles. The van der Waals surface area contributed by atoms with Gasteiger partial charge in [0.2, 0.25) is 5.91 Å². The second-order valence-corrected chi connectivity index (χ2v) is 7.16. The summed E-state index contributed by atoms with van der Waals surface area (Å²) in [4.78, 5) is 27.8. The van der Waals surface area contributed by atoms with Gasteiger partial charge in [-0.25, -0.2) is 9.97 Å². The van der Waals surface area contributed by atoms with Gasteiger partial charge in [0.05, 0.1) is 17.5 Å². The Morgan fingerprint density at radius 2 is 1.71 bits per heavy atom. The number of para-hydroxylation sites is 3. The number of aromatic nitrogens is 3. The van der Waals surface area contributed by atoms with Gasteiger partial charge in [-0.1, -0.05) is 30.3 Å². The first-order valence-electron chi connectivity index (χ1n) is 9.64. The molecule has 0 spiro atoms. The Kier molecular flexibility index (Phi) is 4.16. The number of nitrogens with one attached hydrogen (secondary N) is 2. The predicted octanol–water partition coefficient (Wildman–Crippen LogP) is 3.89. The van der Waals surface area contributed by atoms with E-state index in [9.17, 15) is 4.79 Å². The Hall–Kier alpha value is -3.41. The van der Waals surface area contributed by atoms with Crippen LogP contribution in [0, 0.1) is 0 Å². The Balaban J connectivity index is 1.46. The number of fused-ring (bicyclic) bond motifs is 2. The number of H-pyrrole nitrogens is 1. The minimum absolute atomic E-state index is 0.0882. The van der Waals surface area contributed by atoms with Crippen LogP contribution in [0.2, 0.25) is 0 Å². The van der Waals surface area contributed by atoms with Gasteiger partial charge in [0.15, 0.2) is 11.6 Å². The van der Waals surface area contributed by atoms with Crippen molar-refractivity contribution in [3.05, 3.63) is 60.3 Å². The summed E-state index contributed by atoms with van der Waals surface area (Å²) >= 11 is 0. The van der Waals surface area contributed by atoms with E-state index in [1.165, 1.54) is 0 Å². The van der Waals surface area contributed by atoms with Crippen LogP contribution in [0.1, 0.15) is 18.4 Å². The van der Waals surface area contributed by atoms with E-state index in [1.54, 1.807) is 0 Å². The Bertz CT molecular complexity index is 1160. The van der Waals surface area contributed by atoms with Gasteiger partial charge in [-0.05, 0) is 36.6 Å². The summed E-state index contributed by atoms with van der Waals surface area (Å²) in [6, 6.07) is 15.8. The third-order valence-electron chi connectivity index (χ3n) is 5.24. The number of nitrogens with zero attached hydrogens (tertiary/aromatic N) is 3. The van der Waals surface area contributed by atoms with Gasteiger partial charge in [-0.2, -0.15) is 0 Å². The molecule has 1 fully saturated rings. The number of anilines is 2. The predicted molar refractivity (Wildman–Crippen MR) is 112 cm³/mol. The summed E-state index contributed by atoms with van der Waals surface area (Å²) < 4.78 is 0. The van der Waals surface area contributed by atoms with Crippen molar-refractivity contribution in [1.29, 1.82) is 0 Å². The van der Waals surface area contributed by atoms with Crippen LogP contribution >= 0.6 is 0 Å². The largest absolute Gasteiger partial charge is 0.361 e. The molecule has 1 amide bonds. The first kappa shape index (κ1) is 16.7. The average molecular weight is 371 g/mol. The van der Waals surface area contributed by atoms with Crippen LogP contribution in [0.4, 0.5) is 11.6 Å². The second kappa shape index (κ2) is 6.96. The molecule has 0 bridgehead atoms. The van der Waals surface area contributed by atoms with Crippen molar-refractivity contribution in [2.45, 2.75) is 19.3 Å². The highest BCUT2D eigenvalue weighted by molar-refractivity contribution is 5.97. The molecule has 2 aromatic carbocycles. The van der Waals surface area contributed by atoms with Gasteiger partial charge < -0.3 is 15.2 Å². The fraction of sp³-hybridized carbons (Fsp3) is 0.227. The molecule has 2 N–H and O–H groups in total. The van der Waals surface area contributed by atoms with Crippen molar-refractivity contribution < 1.29 is 4.79 Å². The fourth-order valence-electron chi connectivity index (χ4n) is 3.85. The minimum Gasteiger partial charge on any atom is -0.361 e. The summed E-state index contributed by atoms with van der Waals surface area (Å²) in [6.45, 7) is 1.89. The summed E-state index contributed by atoms with van der Waals surface area (Å²) in [5, 5.41) is 4.09. The van der Waals surface area contributed by atoms with E-state index in [2.05, 4.69) is 15.2 Å². The molecule has 1 aliphatic heterocycles. The number of amides is 1. The number of carbonyl (C=O) groups excluding carboxylic acids is 1. The topological polar surface area (TPSA) is 73.9 Å². The molecule has 4 aromatic rings. The first-order valence-corrected chi connectivity index (χ1v) is 9.64. The van der Waals surface area contributed by atoms with E-state index < -0.39 is 0 Å². The molecule has 0 aliphatic carbocycles. The van der Waals surface area contributed by atoms with E-state index >= 15 is 0 Å². The van der Waals surface area contributed by atoms with Crippen LogP contribution < -0.4 is 10.2 Å². The van der Waals surface area contributed by atoms with Crippen LogP contribution in [0.15, 0.2) is 54.7 Å². The van der Waals surface area contributed by atoms with E-state index in [0.29, 0.717) is 5.82 Å². The van der Waals surface area contributed by atoms with Crippen molar-refractivity contribution >= 4 is 39.5 Å². The van der Waals surface area contributed by atoms with E-state index in [4.69, 9.17) is 9.97 Å². The van der Waals surface area contributed by atoms with Gasteiger partial charge in [0, 0.05) is 30.2 Å². The molecule has 0 saturated carbocycles. The van der Waals surface area contributed by atoms with Crippen LogP contribution in [0.3, 0.4) is 0 Å². The lowest BCUT2D eigenvalue weighted by Gasteiger charge is -2.20. The maximum atomic E-state index is 12.8. The third-order valence-corrected chi connectivity index (χ3v) is 5.24. The van der Waals surface area contributed by atoms with Crippen LogP contribution in [-0.2, 0) is 11.2 Å². The standard InChI is InChI=1S/C22H21N5O/c28-20(13-15-14-23-17-8-2-1-7-16(15)17)26-21-22(27-11-5-6-12-27)25-19-10-4-3-9-18(19)24-21/h1-4,7-10,14,23H,5-6,11-13H2,(H,24,26,28). The monoisotopic (exact) mass is 371 g/mol. The van der Waals surface area contributed by atoms with Gasteiger partial charge >= 0.3 is 0 Å². The fourth-order valence-corrected chi connectivity index (χ4v) is 3.85. The molecule has 0 unspecified atom stereocenters. The normalized spacial score (nSPS) is 14.1. The molecule has 0 radical (unpaired) electrons. The summed E-state index contributed by atoms with van der Waals surface area (Å²) in [7, 11) is 0. The average Bonchev–Trinajstić information content (AvgIpc) is 3.38. The van der Waals surface area contributed by atoms with Crippen LogP contribution in [0.5, 0.6) is 0 Å². The number of aromatic amines is 1. The highest BCUT2D eigenvalue weighted by Gasteiger charge is 2.21. The SMILES string of the molecule is O=C(Cc1c[nH]c2ccccc12)Nc1nc2ccccc2nc1N1CCCC1. The Morgan fingerprint density at radius 1 is 1.00 bits per heavy atom. The highest BCUT2D eigenvalue weighted by atomic mass is 16.1. The van der Waals surface area contributed by atoms with Gasteiger partial charge in [0.25, 0.3) is 0 Å². The number of rotatable bonds is 4. The summed E-state index contributed by atoms with van der Waals surface area (Å²) in [6.07, 6.45) is 4.46. The highest BCUT2D eigenvalue weighted by Crippen LogP contribution is 2.28. The zero-order valence-corrected chi connectivity index (χ0v) is 15.5. The molecule has 1 saturated heterocycles. The molecular weight excluding hydrogens is 350 g/mol. The molecule has 0 atom stereocenters. The molecule has 6 heteroatoms. The zero-order valence-electron chi connectivity index (χ0n) is 15.5. The van der Waals surface area contributed by atoms with E-state index in [0.717, 1.165) is 59.2 Å². The second-order valence-electron chi connectivity index (χ2n) is 7.16. The van der Waals surface area contributed by atoms with Crippen molar-refractivity contribution in [2.24, 2.45) is 0 Å². The van der Waals surface area contributed by atoms with E-state index in [1.807, 2.05) is 54.7 Å². The maximum Gasteiger partial charge on any atom is 0.230 e. The van der Waals surface area contributed by atoms with Crippen molar-refractivity contribution in [1.82, 2.24) is 15.0 Å². The smallest absolute Gasteiger partial charge is 0.230 e. The third kappa shape index (κ3) is 3.07. The molecule has 140 valence electrons. The molecular formula is C22H21N5O. The van der Waals surface area contributed by atoms with Gasteiger partial charge in [-0.15, -0.1) is 0 Å². The maximum absolute atomic E-state index is 12.8. The number of hydrogen-bond donors (Lipinski definition) is 2.